The van der Waals surface area contributed by atoms with Gasteiger partial charge in [-0.3, -0.25) is 4.79 Å². The van der Waals surface area contributed by atoms with Gasteiger partial charge in [0.25, 0.3) is 0 Å². The van der Waals surface area contributed by atoms with Crippen molar-refractivity contribution in [1.82, 2.24) is 10.6 Å². The zero-order chi connectivity index (χ0) is 11.7. The van der Waals surface area contributed by atoms with Crippen molar-refractivity contribution in [2.45, 2.75) is 32.8 Å². The average Bonchev–Trinajstić information content (AvgIpc) is 2.18. The lowest BCUT2D eigenvalue weighted by molar-refractivity contribution is -0.121. The van der Waals surface area contributed by atoms with Crippen LogP contribution in [0.5, 0.6) is 0 Å². The van der Waals surface area contributed by atoms with E-state index in [0.29, 0.717) is 18.9 Å². The molecule has 4 nitrogen and oxygen atoms in total. The lowest BCUT2D eigenvalue weighted by Crippen LogP contribution is -2.36. The second-order valence-corrected chi connectivity index (χ2v) is 4.03. The van der Waals surface area contributed by atoms with Gasteiger partial charge in [-0.2, -0.15) is 0 Å². The van der Waals surface area contributed by atoms with Crippen molar-refractivity contribution in [3.05, 3.63) is 0 Å². The fourth-order valence-electron chi connectivity index (χ4n) is 1.32. The number of amides is 1. The number of methoxy groups -OCH3 is 1. The summed E-state index contributed by atoms with van der Waals surface area (Å²) >= 11 is 0. The molecular weight excluding hydrogens is 228 g/mol. The zero-order valence-electron chi connectivity index (χ0n) is 10.7. The van der Waals surface area contributed by atoms with Crippen LogP contribution in [0.1, 0.15) is 26.7 Å². The molecule has 0 fully saturated rings. The SMILES string of the molecule is CNCCCC(=O)NCC(OC)C(C)C.Cl. The van der Waals surface area contributed by atoms with E-state index in [1.54, 1.807) is 7.11 Å². The van der Waals surface area contributed by atoms with Crippen molar-refractivity contribution in [2.75, 3.05) is 27.2 Å². The number of hydrogen-bond acceptors (Lipinski definition) is 3. The maximum atomic E-state index is 11.4. The van der Waals surface area contributed by atoms with Crippen LogP contribution < -0.4 is 10.6 Å². The van der Waals surface area contributed by atoms with E-state index >= 15 is 0 Å². The minimum Gasteiger partial charge on any atom is -0.379 e. The third-order valence-corrected chi connectivity index (χ3v) is 2.38. The normalized spacial score (nSPS) is 12.1. The first-order chi connectivity index (χ1) is 7.11. The highest BCUT2D eigenvalue weighted by Crippen LogP contribution is 2.03. The second kappa shape index (κ2) is 11.2. The summed E-state index contributed by atoms with van der Waals surface area (Å²) in [6.45, 7) is 5.65. The molecule has 1 atom stereocenters. The first-order valence-electron chi connectivity index (χ1n) is 5.56. The van der Waals surface area contributed by atoms with E-state index in [9.17, 15) is 4.79 Å². The molecule has 0 aliphatic rings. The molecule has 2 N–H and O–H groups in total. The Labute approximate surface area is 105 Å². The molecule has 0 aliphatic carbocycles. The van der Waals surface area contributed by atoms with Crippen LogP contribution in [0.15, 0.2) is 0 Å². The summed E-state index contributed by atoms with van der Waals surface area (Å²) in [5.41, 5.74) is 0. The van der Waals surface area contributed by atoms with Gasteiger partial charge in [0.05, 0.1) is 6.10 Å². The van der Waals surface area contributed by atoms with Crippen LogP contribution in [0.2, 0.25) is 0 Å². The molecule has 1 unspecified atom stereocenters. The molecule has 0 saturated heterocycles. The molecule has 1 amide bonds. The number of hydrogen-bond donors (Lipinski definition) is 2. The van der Waals surface area contributed by atoms with Gasteiger partial charge in [-0.1, -0.05) is 13.8 Å². The van der Waals surface area contributed by atoms with Gasteiger partial charge in [0.2, 0.25) is 5.91 Å². The van der Waals surface area contributed by atoms with Crippen LogP contribution in [-0.2, 0) is 9.53 Å². The topological polar surface area (TPSA) is 50.4 Å². The smallest absolute Gasteiger partial charge is 0.220 e. The second-order valence-electron chi connectivity index (χ2n) is 4.03. The van der Waals surface area contributed by atoms with Gasteiger partial charge in [0.1, 0.15) is 0 Å². The first kappa shape index (κ1) is 18.1. The summed E-state index contributed by atoms with van der Waals surface area (Å²) in [4.78, 5) is 11.4. The summed E-state index contributed by atoms with van der Waals surface area (Å²) in [6, 6.07) is 0. The molecule has 0 aliphatic heterocycles. The Morgan fingerprint density at radius 1 is 1.38 bits per heavy atom. The highest BCUT2D eigenvalue weighted by molar-refractivity contribution is 5.85. The van der Waals surface area contributed by atoms with Gasteiger partial charge < -0.3 is 15.4 Å². The predicted octanol–water partition coefficient (Wildman–Crippen LogP) is 1.19. The monoisotopic (exact) mass is 252 g/mol. The highest BCUT2D eigenvalue weighted by atomic mass is 35.5. The zero-order valence-corrected chi connectivity index (χ0v) is 11.5. The molecule has 0 aromatic heterocycles. The fourth-order valence-corrected chi connectivity index (χ4v) is 1.32. The van der Waals surface area contributed by atoms with Crippen molar-refractivity contribution in [3.8, 4) is 0 Å². The molecule has 0 spiro atoms. The molecule has 0 rings (SSSR count). The number of rotatable bonds is 8. The molecule has 0 aromatic carbocycles. The van der Waals surface area contributed by atoms with Gasteiger partial charge in [-0.05, 0) is 25.9 Å². The Bertz CT molecular complexity index is 177. The van der Waals surface area contributed by atoms with Gasteiger partial charge in [0.15, 0.2) is 0 Å². The Morgan fingerprint density at radius 3 is 2.44 bits per heavy atom. The van der Waals surface area contributed by atoms with E-state index in [1.165, 1.54) is 0 Å². The number of carbonyl (C=O) groups is 1. The van der Waals surface area contributed by atoms with Crippen LogP contribution in [-0.4, -0.2) is 39.3 Å². The molecule has 0 heterocycles. The largest absolute Gasteiger partial charge is 0.379 e. The number of ether oxygens (including phenoxy) is 1. The standard InChI is InChI=1S/C11H24N2O2.ClH/c1-9(2)10(15-4)8-13-11(14)6-5-7-12-3;/h9-10,12H,5-8H2,1-4H3,(H,13,14);1H. The number of nitrogens with one attached hydrogen (secondary N) is 2. The summed E-state index contributed by atoms with van der Waals surface area (Å²) in [7, 11) is 3.56. The highest BCUT2D eigenvalue weighted by Gasteiger charge is 2.12. The summed E-state index contributed by atoms with van der Waals surface area (Å²) in [5, 5.41) is 5.89. The van der Waals surface area contributed by atoms with E-state index in [-0.39, 0.29) is 24.4 Å². The Hall–Kier alpha value is -0.320. The Balaban J connectivity index is 0. The lowest BCUT2D eigenvalue weighted by Gasteiger charge is -2.19. The van der Waals surface area contributed by atoms with Crippen LogP contribution in [0.3, 0.4) is 0 Å². The quantitative estimate of drug-likeness (QED) is 0.639. The van der Waals surface area contributed by atoms with E-state index in [4.69, 9.17) is 4.74 Å². The van der Waals surface area contributed by atoms with E-state index < -0.39 is 0 Å². The Morgan fingerprint density at radius 2 is 2.00 bits per heavy atom. The maximum absolute atomic E-state index is 11.4. The van der Waals surface area contributed by atoms with Crippen molar-refractivity contribution in [2.24, 2.45) is 5.92 Å². The van der Waals surface area contributed by atoms with Gasteiger partial charge in [0, 0.05) is 20.1 Å². The van der Waals surface area contributed by atoms with E-state index in [1.807, 2.05) is 7.05 Å². The van der Waals surface area contributed by atoms with Crippen LogP contribution in [0.25, 0.3) is 0 Å². The van der Waals surface area contributed by atoms with Crippen molar-refractivity contribution in [1.29, 1.82) is 0 Å². The molecular formula is C11H25ClN2O2. The van der Waals surface area contributed by atoms with Crippen molar-refractivity contribution < 1.29 is 9.53 Å². The molecule has 0 bridgehead atoms. The molecule has 0 radical (unpaired) electrons. The fraction of sp³-hybridized carbons (Fsp3) is 0.909. The van der Waals surface area contributed by atoms with Gasteiger partial charge in [-0.25, -0.2) is 0 Å². The number of carbonyl (C=O) groups excluding carboxylic acids is 1. The molecule has 16 heavy (non-hydrogen) atoms. The van der Waals surface area contributed by atoms with Gasteiger partial charge >= 0.3 is 0 Å². The predicted molar refractivity (Wildman–Crippen MR) is 69.1 cm³/mol. The minimum atomic E-state index is 0. The van der Waals surface area contributed by atoms with Crippen LogP contribution in [0, 0.1) is 5.92 Å². The first-order valence-corrected chi connectivity index (χ1v) is 5.56. The maximum Gasteiger partial charge on any atom is 0.220 e. The van der Waals surface area contributed by atoms with Gasteiger partial charge in [-0.15, -0.1) is 12.4 Å². The Kier molecular flexibility index (Phi) is 12.6. The van der Waals surface area contributed by atoms with Crippen LogP contribution in [0.4, 0.5) is 0 Å². The van der Waals surface area contributed by atoms with Crippen LogP contribution >= 0.6 is 12.4 Å². The molecule has 98 valence electrons. The third kappa shape index (κ3) is 8.95. The minimum absolute atomic E-state index is 0. The number of halogens is 1. The molecule has 5 heteroatoms. The molecule has 0 aromatic rings. The lowest BCUT2D eigenvalue weighted by atomic mass is 10.1. The van der Waals surface area contributed by atoms with E-state index in [0.717, 1.165) is 13.0 Å². The van der Waals surface area contributed by atoms with E-state index in [2.05, 4.69) is 24.5 Å². The average molecular weight is 253 g/mol. The van der Waals surface area contributed by atoms with Crippen molar-refractivity contribution in [3.63, 3.8) is 0 Å². The summed E-state index contributed by atoms with van der Waals surface area (Å²) in [6.07, 6.45) is 1.56. The summed E-state index contributed by atoms with van der Waals surface area (Å²) < 4.78 is 5.26. The summed E-state index contributed by atoms with van der Waals surface area (Å²) in [5.74, 6) is 0.528. The molecule has 0 saturated carbocycles. The van der Waals surface area contributed by atoms with Crippen molar-refractivity contribution >= 4 is 18.3 Å². The third-order valence-electron chi connectivity index (χ3n) is 2.38.